The van der Waals surface area contributed by atoms with Gasteiger partial charge in [-0.15, -0.1) is 0 Å². The third kappa shape index (κ3) is 3.52. The first-order valence-corrected chi connectivity index (χ1v) is 9.77. The number of Topliss-reactive ketones (excluding diaryl/α,β-unsaturated/α-hetero) is 1. The van der Waals surface area contributed by atoms with Crippen molar-refractivity contribution < 1.29 is 19.0 Å². The van der Waals surface area contributed by atoms with E-state index in [1.165, 1.54) is 5.56 Å². The summed E-state index contributed by atoms with van der Waals surface area (Å²) >= 11 is 0. The van der Waals surface area contributed by atoms with Crippen molar-refractivity contribution in [2.75, 3.05) is 6.61 Å². The van der Waals surface area contributed by atoms with Crippen molar-refractivity contribution in [3.63, 3.8) is 0 Å². The molecule has 142 valence electrons. The van der Waals surface area contributed by atoms with Crippen LogP contribution >= 0.6 is 0 Å². The Morgan fingerprint density at radius 2 is 1.59 bits per heavy atom. The van der Waals surface area contributed by atoms with Crippen LogP contribution in [-0.4, -0.2) is 18.7 Å². The molecule has 2 aromatic rings. The van der Waals surface area contributed by atoms with E-state index in [1.54, 1.807) is 0 Å². The molecule has 0 radical (unpaired) electrons. The highest BCUT2D eigenvalue weighted by atomic mass is 16.9. The lowest BCUT2D eigenvalue weighted by Crippen LogP contribution is -2.42. The van der Waals surface area contributed by atoms with E-state index in [-0.39, 0.29) is 18.0 Å². The van der Waals surface area contributed by atoms with Gasteiger partial charge in [-0.2, -0.15) is 0 Å². The summed E-state index contributed by atoms with van der Waals surface area (Å²) in [5.74, 6) is 1.19. The SMILES string of the molecule is CCCCOc1ccc(C2(c3ccc(C4OC(C)O4)cc3)CC(=O)C2)cc1. The molecule has 4 heteroatoms. The minimum absolute atomic E-state index is 0.136. The standard InChI is InChI=1S/C23H26O4/c1-3-4-13-25-21-11-9-19(10-12-21)23(14-20(24)15-23)18-7-5-17(6-8-18)22-26-16(2)27-22/h5-12,16,22H,3-4,13-15H2,1-2H3. The van der Waals surface area contributed by atoms with Crippen LogP contribution in [0.4, 0.5) is 0 Å². The lowest BCUT2D eigenvalue weighted by Gasteiger charge is -2.42. The van der Waals surface area contributed by atoms with Gasteiger partial charge in [-0.3, -0.25) is 4.79 Å². The van der Waals surface area contributed by atoms with E-state index in [2.05, 4.69) is 31.2 Å². The molecule has 0 N–H and O–H groups in total. The Labute approximate surface area is 160 Å². The van der Waals surface area contributed by atoms with Crippen LogP contribution in [0.3, 0.4) is 0 Å². The number of carbonyl (C=O) groups is 1. The zero-order valence-corrected chi connectivity index (χ0v) is 15.9. The van der Waals surface area contributed by atoms with Gasteiger partial charge in [0.2, 0.25) is 0 Å². The molecule has 2 aliphatic rings. The first kappa shape index (κ1) is 18.2. The van der Waals surface area contributed by atoms with E-state index in [9.17, 15) is 4.79 Å². The number of ketones is 1. The average Bonchev–Trinajstić information content (AvgIpc) is 2.64. The van der Waals surface area contributed by atoms with Crippen LogP contribution in [0.25, 0.3) is 0 Å². The molecule has 0 amide bonds. The Kier molecular flexibility index (Phi) is 5.02. The molecule has 0 aromatic heterocycles. The second kappa shape index (κ2) is 7.45. The highest BCUT2D eigenvalue weighted by molar-refractivity contribution is 5.90. The van der Waals surface area contributed by atoms with Gasteiger partial charge in [0, 0.05) is 23.8 Å². The molecule has 4 rings (SSSR count). The summed E-state index contributed by atoms with van der Waals surface area (Å²) in [6.07, 6.45) is 2.87. The molecule has 1 heterocycles. The smallest absolute Gasteiger partial charge is 0.189 e. The molecule has 0 unspecified atom stereocenters. The van der Waals surface area contributed by atoms with Crippen molar-refractivity contribution in [1.29, 1.82) is 0 Å². The quantitative estimate of drug-likeness (QED) is 0.654. The zero-order chi connectivity index (χ0) is 18.9. The Hall–Kier alpha value is -2.17. The highest BCUT2D eigenvalue weighted by Crippen LogP contribution is 2.47. The molecule has 27 heavy (non-hydrogen) atoms. The van der Waals surface area contributed by atoms with Gasteiger partial charge in [-0.25, -0.2) is 0 Å². The van der Waals surface area contributed by atoms with E-state index in [0.717, 1.165) is 36.3 Å². The summed E-state index contributed by atoms with van der Waals surface area (Å²) in [5.41, 5.74) is 3.12. The van der Waals surface area contributed by atoms with Crippen LogP contribution in [-0.2, 0) is 19.7 Å². The molecular formula is C23H26O4. The molecule has 1 saturated heterocycles. The predicted molar refractivity (Wildman–Crippen MR) is 103 cm³/mol. The van der Waals surface area contributed by atoms with Gasteiger partial charge in [0.05, 0.1) is 6.61 Å². The summed E-state index contributed by atoms with van der Waals surface area (Å²) in [6, 6.07) is 16.5. The molecule has 1 aliphatic carbocycles. The van der Waals surface area contributed by atoms with Crippen molar-refractivity contribution in [3.8, 4) is 5.75 Å². The Morgan fingerprint density at radius 3 is 2.11 bits per heavy atom. The molecule has 0 bridgehead atoms. The minimum Gasteiger partial charge on any atom is -0.494 e. The number of ether oxygens (including phenoxy) is 3. The predicted octanol–water partition coefficient (Wildman–Crippen LogP) is 4.91. The second-order valence-electron chi connectivity index (χ2n) is 7.49. The van der Waals surface area contributed by atoms with Crippen molar-refractivity contribution in [2.45, 2.75) is 57.5 Å². The summed E-state index contributed by atoms with van der Waals surface area (Å²) in [7, 11) is 0. The Balaban J connectivity index is 1.53. The van der Waals surface area contributed by atoms with Crippen molar-refractivity contribution in [3.05, 3.63) is 65.2 Å². The monoisotopic (exact) mass is 366 g/mol. The van der Waals surface area contributed by atoms with Gasteiger partial charge in [0.25, 0.3) is 0 Å². The third-order valence-electron chi connectivity index (χ3n) is 5.54. The normalized spacial score (nSPS) is 23.4. The van der Waals surface area contributed by atoms with Crippen LogP contribution in [0.1, 0.15) is 62.5 Å². The van der Waals surface area contributed by atoms with Crippen molar-refractivity contribution >= 4 is 5.78 Å². The van der Waals surface area contributed by atoms with Gasteiger partial charge in [-0.05, 0) is 36.6 Å². The Morgan fingerprint density at radius 1 is 1.00 bits per heavy atom. The fourth-order valence-corrected chi connectivity index (χ4v) is 3.88. The van der Waals surface area contributed by atoms with Crippen LogP contribution in [0.2, 0.25) is 0 Å². The fraction of sp³-hybridized carbons (Fsp3) is 0.435. The van der Waals surface area contributed by atoms with Gasteiger partial charge in [-0.1, -0.05) is 49.7 Å². The number of benzene rings is 2. The lowest BCUT2D eigenvalue weighted by molar-refractivity contribution is -0.382. The van der Waals surface area contributed by atoms with Gasteiger partial charge >= 0.3 is 0 Å². The average molecular weight is 366 g/mol. The number of unbranched alkanes of at least 4 members (excludes halogenated alkanes) is 1. The lowest BCUT2D eigenvalue weighted by atomic mass is 9.60. The van der Waals surface area contributed by atoms with Crippen molar-refractivity contribution in [2.24, 2.45) is 0 Å². The molecule has 1 saturated carbocycles. The zero-order valence-electron chi connectivity index (χ0n) is 15.9. The van der Waals surface area contributed by atoms with Crippen LogP contribution in [0.5, 0.6) is 5.75 Å². The largest absolute Gasteiger partial charge is 0.494 e. The maximum absolute atomic E-state index is 11.9. The number of hydrogen-bond acceptors (Lipinski definition) is 4. The summed E-state index contributed by atoms with van der Waals surface area (Å²) in [6.45, 7) is 4.78. The van der Waals surface area contributed by atoms with Crippen LogP contribution in [0, 0.1) is 0 Å². The van der Waals surface area contributed by atoms with Crippen molar-refractivity contribution in [1.82, 2.24) is 0 Å². The van der Waals surface area contributed by atoms with Gasteiger partial charge < -0.3 is 14.2 Å². The third-order valence-corrected chi connectivity index (χ3v) is 5.54. The van der Waals surface area contributed by atoms with Crippen LogP contribution < -0.4 is 4.74 Å². The van der Waals surface area contributed by atoms with Gasteiger partial charge in [0.15, 0.2) is 12.6 Å². The minimum atomic E-state index is -0.271. The van der Waals surface area contributed by atoms with E-state index in [1.807, 2.05) is 31.2 Å². The van der Waals surface area contributed by atoms with E-state index in [0.29, 0.717) is 18.6 Å². The first-order chi connectivity index (χ1) is 13.1. The molecule has 0 spiro atoms. The molecule has 4 nitrogen and oxygen atoms in total. The molecular weight excluding hydrogens is 340 g/mol. The Bertz CT molecular complexity index is 780. The number of carbonyl (C=O) groups excluding carboxylic acids is 1. The summed E-state index contributed by atoms with van der Waals surface area (Å²) in [4.78, 5) is 11.9. The van der Waals surface area contributed by atoms with Gasteiger partial charge in [0.1, 0.15) is 11.5 Å². The maximum Gasteiger partial charge on any atom is 0.189 e. The molecule has 2 fully saturated rings. The topological polar surface area (TPSA) is 44.8 Å². The van der Waals surface area contributed by atoms with Crippen LogP contribution in [0.15, 0.2) is 48.5 Å². The number of hydrogen-bond donors (Lipinski definition) is 0. The van der Waals surface area contributed by atoms with E-state index < -0.39 is 0 Å². The maximum atomic E-state index is 11.9. The number of rotatable bonds is 7. The fourth-order valence-electron chi connectivity index (χ4n) is 3.88. The first-order valence-electron chi connectivity index (χ1n) is 9.77. The second-order valence-corrected chi connectivity index (χ2v) is 7.49. The highest BCUT2D eigenvalue weighted by Gasteiger charge is 2.46. The van der Waals surface area contributed by atoms with E-state index in [4.69, 9.17) is 14.2 Å². The van der Waals surface area contributed by atoms with E-state index >= 15 is 0 Å². The molecule has 1 aliphatic heterocycles. The summed E-state index contributed by atoms with van der Waals surface area (Å²) < 4.78 is 16.9. The molecule has 0 atom stereocenters. The summed E-state index contributed by atoms with van der Waals surface area (Å²) in [5, 5.41) is 0. The molecule has 2 aromatic carbocycles.